The molecule has 4 nitrogen and oxygen atoms in total. The van der Waals surface area contributed by atoms with Crippen molar-refractivity contribution in [3.63, 3.8) is 0 Å². The van der Waals surface area contributed by atoms with E-state index in [2.05, 4.69) is 28.9 Å². The van der Waals surface area contributed by atoms with Crippen LogP contribution in [0.4, 0.5) is 0 Å². The molecule has 0 fully saturated rings. The number of nitrogens with zero attached hydrogens (tertiary/aromatic N) is 3. The summed E-state index contributed by atoms with van der Waals surface area (Å²) in [5, 5.41) is 19.5. The Morgan fingerprint density at radius 1 is 1.19 bits per heavy atom. The van der Waals surface area contributed by atoms with Crippen molar-refractivity contribution in [2.24, 2.45) is 0 Å². The SMILES string of the molecule is CCCC(C#N)c1ccc(OCC#N)c2c1ccn2-c1cccc(Br)c1. The summed E-state index contributed by atoms with van der Waals surface area (Å²) >= 11 is 3.51. The third-order valence-corrected chi connectivity index (χ3v) is 4.83. The van der Waals surface area contributed by atoms with Gasteiger partial charge in [-0.25, -0.2) is 0 Å². The van der Waals surface area contributed by atoms with Gasteiger partial charge in [0.15, 0.2) is 6.61 Å². The molecular formula is C21H18BrN3O. The van der Waals surface area contributed by atoms with Crippen molar-refractivity contribution in [3.05, 3.63) is 58.7 Å². The number of ether oxygens (including phenoxy) is 1. The number of hydrogen-bond donors (Lipinski definition) is 0. The van der Waals surface area contributed by atoms with Crippen LogP contribution in [0, 0.1) is 22.7 Å². The standard InChI is InChI=1S/C21H18BrN3O/c1-2-4-15(14-24)18-7-8-20(26-12-10-23)21-19(18)9-11-25(21)17-6-3-5-16(22)13-17/h3,5-9,11,13,15H,2,4,12H2,1H3. The lowest BCUT2D eigenvalue weighted by atomic mass is 9.93. The van der Waals surface area contributed by atoms with Gasteiger partial charge in [0.1, 0.15) is 11.8 Å². The number of hydrogen-bond acceptors (Lipinski definition) is 3. The van der Waals surface area contributed by atoms with E-state index in [1.165, 1.54) is 0 Å². The minimum Gasteiger partial charge on any atom is -0.477 e. The molecule has 130 valence electrons. The first-order valence-corrected chi connectivity index (χ1v) is 9.28. The van der Waals surface area contributed by atoms with E-state index < -0.39 is 0 Å². The summed E-state index contributed by atoms with van der Waals surface area (Å²) in [5.41, 5.74) is 2.87. The Hall–Kier alpha value is -2.76. The van der Waals surface area contributed by atoms with Crippen molar-refractivity contribution in [2.75, 3.05) is 6.61 Å². The first-order chi connectivity index (χ1) is 12.7. The fourth-order valence-electron chi connectivity index (χ4n) is 3.20. The summed E-state index contributed by atoms with van der Waals surface area (Å²) in [4.78, 5) is 0. The number of nitriles is 2. The molecular weight excluding hydrogens is 390 g/mol. The van der Waals surface area contributed by atoms with Crippen molar-refractivity contribution in [3.8, 4) is 23.6 Å². The van der Waals surface area contributed by atoms with Gasteiger partial charge in [-0.15, -0.1) is 0 Å². The zero-order valence-corrected chi connectivity index (χ0v) is 16.0. The van der Waals surface area contributed by atoms with Crippen LogP contribution < -0.4 is 4.74 Å². The van der Waals surface area contributed by atoms with E-state index in [1.807, 2.05) is 59.3 Å². The van der Waals surface area contributed by atoms with Crippen molar-refractivity contribution >= 4 is 26.8 Å². The topological polar surface area (TPSA) is 61.7 Å². The van der Waals surface area contributed by atoms with Crippen LogP contribution in [0.15, 0.2) is 53.1 Å². The van der Waals surface area contributed by atoms with Crippen molar-refractivity contribution in [1.29, 1.82) is 10.5 Å². The lowest BCUT2D eigenvalue weighted by molar-refractivity contribution is 0.371. The highest BCUT2D eigenvalue weighted by atomic mass is 79.9. The fraction of sp³-hybridized carbons (Fsp3) is 0.238. The lowest BCUT2D eigenvalue weighted by Gasteiger charge is -2.14. The van der Waals surface area contributed by atoms with E-state index in [9.17, 15) is 5.26 Å². The molecule has 0 bridgehead atoms. The zero-order valence-electron chi connectivity index (χ0n) is 14.4. The normalized spacial score (nSPS) is 11.7. The van der Waals surface area contributed by atoms with Gasteiger partial charge in [0.25, 0.3) is 0 Å². The van der Waals surface area contributed by atoms with Crippen molar-refractivity contribution in [1.82, 2.24) is 4.57 Å². The van der Waals surface area contributed by atoms with Crippen LogP contribution >= 0.6 is 15.9 Å². The zero-order chi connectivity index (χ0) is 18.5. The highest BCUT2D eigenvalue weighted by Crippen LogP contribution is 2.36. The molecule has 0 saturated carbocycles. The van der Waals surface area contributed by atoms with Crippen molar-refractivity contribution < 1.29 is 4.74 Å². The van der Waals surface area contributed by atoms with Gasteiger partial charge in [-0.3, -0.25) is 0 Å². The molecule has 0 aliphatic heterocycles. The maximum absolute atomic E-state index is 9.60. The van der Waals surface area contributed by atoms with E-state index in [-0.39, 0.29) is 12.5 Å². The Morgan fingerprint density at radius 3 is 2.73 bits per heavy atom. The number of halogens is 1. The third-order valence-electron chi connectivity index (χ3n) is 4.33. The molecule has 5 heteroatoms. The van der Waals surface area contributed by atoms with Gasteiger partial charge >= 0.3 is 0 Å². The largest absolute Gasteiger partial charge is 0.477 e. The molecule has 3 aromatic rings. The first kappa shape index (κ1) is 18.0. The highest BCUT2D eigenvalue weighted by Gasteiger charge is 2.18. The molecule has 26 heavy (non-hydrogen) atoms. The second-order valence-electron chi connectivity index (χ2n) is 6.00. The van der Waals surface area contributed by atoms with Crippen molar-refractivity contribution in [2.45, 2.75) is 25.7 Å². The van der Waals surface area contributed by atoms with E-state index in [1.54, 1.807) is 0 Å². The molecule has 1 unspecified atom stereocenters. The second-order valence-corrected chi connectivity index (χ2v) is 6.91. The molecule has 0 amide bonds. The summed E-state index contributed by atoms with van der Waals surface area (Å²) in [6, 6.07) is 18.3. The third kappa shape index (κ3) is 3.45. The molecule has 0 radical (unpaired) electrons. The average molecular weight is 408 g/mol. The number of rotatable bonds is 6. The van der Waals surface area contributed by atoms with Gasteiger partial charge in [-0.2, -0.15) is 10.5 Å². The van der Waals surface area contributed by atoms with E-state index in [0.717, 1.165) is 39.5 Å². The highest BCUT2D eigenvalue weighted by molar-refractivity contribution is 9.10. The van der Waals surface area contributed by atoms with E-state index >= 15 is 0 Å². The molecule has 1 heterocycles. The molecule has 2 aromatic carbocycles. The minimum absolute atomic E-state index is 0.0191. The smallest absolute Gasteiger partial charge is 0.174 e. The van der Waals surface area contributed by atoms with E-state index in [4.69, 9.17) is 10.00 Å². The van der Waals surface area contributed by atoms with E-state index in [0.29, 0.717) is 5.75 Å². The van der Waals surface area contributed by atoms with Crippen LogP contribution in [-0.4, -0.2) is 11.2 Å². The monoisotopic (exact) mass is 407 g/mol. The van der Waals surface area contributed by atoms with Crippen LogP contribution in [0.3, 0.4) is 0 Å². The lowest BCUT2D eigenvalue weighted by Crippen LogP contribution is -2.01. The number of benzene rings is 2. The predicted octanol–water partition coefficient (Wildman–Crippen LogP) is 5.70. The van der Waals surface area contributed by atoms with Gasteiger partial charge in [0.2, 0.25) is 0 Å². The average Bonchev–Trinajstić information content (AvgIpc) is 3.10. The molecule has 0 N–H and O–H groups in total. The van der Waals surface area contributed by atoms with Gasteiger partial charge in [0.05, 0.1) is 17.5 Å². The number of aromatic nitrogens is 1. The maximum Gasteiger partial charge on any atom is 0.174 e. The van der Waals surface area contributed by atoms with Crippen LogP contribution in [0.2, 0.25) is 0 Å². The predicted molar refractivity (Wildman–Crippen MR) is 105 cm³/mol. The van der Waals surface area contributed by atoms with Crippen LogP contribution in [0.1, 0.15) is 31.2 Å². The maximum atomic E-state index is 9.60. The van der Waals surface area contributed by atoms with Gasteiger partial charge < -0.3 is 9.30 Å². The summed E-state index contributed by atoms with van der Waals surface area (Å²) in [5.74, 6) is 0.481. The summed E-state index contributed by atoms with van der Waals surface area (Å²) in [6.07, 6.45) is 3.74. The molecule has 0 spiro atoms. The second kappa shape index (κ2) is 8.08. The Bertz CT molecular complexity index is 1010. The molecule has 0 aliphatic rings. The summed E-state index contributed by atoms with van der Waals surface area (Å²) < 4.78 is 8.69. The van der Waals surface area contributed by atoms with Gasteiger partial charge in [0, 0.05) is 21.7 Å². The van der Waals surface area contributed by atoms with Crippen LogP contribution in [0.25, 0.3) is 16.6 Å². The Morgan fingerprint density at radius 2 is 2.04 bits per heavy atom. The van der Waals surface area contributed by atoms with Crippen LogP contribution in [-0.2, 0) is 0 Å². The molecule has 1 atom stereocenters. The van der Waals surface area contributed by atoms with Gasteiger partial charge in [-0.05, 0) is 42.3 Å². The molecule has 1 aromatic heterocycles. The van der Waals surface area contributed by atoms with Gasteiger partial charge in [-0.1, -0.05) is 41.4 Å². The van der Waals surface area contributed by atoms with Crippen LogP contribution in [0.5, 0.6) is 5.75 Å². The summed E-state index contributed by atoms with van der Waals surface area (Å²) in [7, 11) is 0. The Kier molecular flexibility index (Phi) is 5.61. The minimum atomic E-state index is -0.161. The Balaban J connectivity index is 2.24. The quantitative estimate of drug-likeness (QED) is 0.526. The molecule has 3 rings (SSSR count). The summed E-state index contributed by atoms with van der Waals surface area (Å²) in [6.45, 7) is 2.06. The number of fused-ring (bicyclic) bond motifs is 1. The molecule has 0 aliphatic carbocycles. The Labute approximate surface area is 161 Å². The fourth-order valence-corrected chi connectivity index (χ4v) is 3.59. The first-order valence-electron chi connectivity index (χ1n) is 8.48. The molecule has 0 saturated heterocycles.